The molecule has 0 aliphatic carbocycles. The van der Waals surface area contributed by atoms with E-state index in [1.165, 1.54) is 6.92 Å². The zero-order valence-corrected chi connectivity index (χ0v) is 11.7. The summed E-state index contributed by atoms with van der Waals surface area (Å²) >= 11 is 0. The molecule has 0 radical (unpaired) electrons. The molecule has 0 saturated carbocycles. The highest BCUT2D eigenvalue weighted by Gasteiger charge is 2.11. The molecule has 1 aromatic rings. The van der Waals surface area contributed by atoms with Crippen LogP contribution in [0.4, 0.5) is 5.82 Å². The van der Waals surface area contributed by atoms with E-state index >= 15 is 0 Å². The average molecular weight is 267 g/mol. The van der Waals surface area contributed by atoms with Gasteiger partial charge in [-0.05, 0) is 13.3 Å². The Hall–Kier alpha value is -1.85. The fourth-order valence-corrected chi connectivity index (χ4v) is 1.64. The zero-order chi connectivity index (χ0) is 14.3. The van der Waals surface area contributed by atoms with Gasteiger partial charge in [-0.3, -0.25) is 9.59 Å². The number of unbranched alkanes of at least 4 members (excludes halogenated alkanes) is 1. The Morgan fingerprint density at radius 3 is 2.68 bits per heavy atom. The number of carbonyl (C=O) groups is 2. The molecule has 0 bridgehead atoms. The van der Waals surface area contributed by atoms with Gasteiger partial charge in [-0.25, -0.2) is 0 Å². The van der Waals surface area contributed by atoms with E-state index in [9.17, 15) is 9.59 Å². The van der Waals surface area contributed by atoms with Gasteiger partial charge in [-0.15, -0.1) is 0 Å². The van der Waals surface area contributed by atoms with Crippen LogP contribution in [0.5, 0.6) is 0 Å². The maximum absolute atomic E-state index is 11.7. The van der Waals surface area contributed by atoms with Crippen molar-refractivity contribution in [3.05, 3.63) is 11.8 Å². The molecule has 0 saturated heterocycles. The second kappa shape index (κ2) is 7.56. The molecule has 1 rings (SSSR count). The first-order chi connectivity index (χ1) is 9.02. The summed E-state index contributed by atoms with van der Waals surface area (Å²) in [6.45, 7) is 6.47. The van der Waals surface area contributed by atoms with Gasteiger partial charge in [0.25, 0.3) is 0 Å². The lowest BCUT2D eigenvalue weighted by Crippen LogP contribution is -2.32. The highest BCUT2D eigenvalue weighted by atomic mass is 16.5. The largest absolute Gasteiger partial charge is 0.360 e. The van der Waals surface area contributed by atoms with Gasteiger partial charge in [0.2, 0.25) is 11.8 Å². The lowest BCUT2D eigenvalue weighted by Gasteiger charge is -2.20. The number of hydrogen-bond acceptors (Lipinski definition) is 4. The fourth-order valence-electron chi connectivity index (χ4n) is 1.64. The van der Waals surface area contributed by atoms with Crippen LogP contribution in [0, 0.1) is 6.92 Å². The molecule has 1 N–H and O–H groups in total. The predicted molar refractivity (Wildman–Crippen MR) is 71.6 cm³/mol. The number of amides is 2. The fraction of sp³-hybridized carbons (Fsp3) is 0.615. The molecule has 0 atom stereocenters. The van der Waals surface area contributed by atoms with Gasteiger partial charge in [-0.2, -0.15) is 0 Å². The van der Waals surface area contributed by atoms with Crippen molar-refractivity contribution in [1.29, 1.82) is 0 Å². The average Bonchev–Trinajstić information content (AvgIpc) is 2.74. The number of rotatable bonds is 7. The molecule has 2 amide bonds. The number of hydrogen-bond donors (Lipinski definition) is 1. The van der Waals surface area contributed by atoms with Crippen molar-refractivity contribution >= 4 is 17.6 Å². The van der Waals surface area contributed by atoms with Crippen molar-refractivity contribution in [2.24, 2.45) is 0 Å². The molecule has 0 aliphatic heterocycles. The molecule has 19 heavy (non-hydrogen) atoms. The summed E-state index contributed by atoms with van der Waals surface area (Å²) in [6, 6.07) is 1.65. The molecule has 1 heterocycles. The number of nitrogens with zero attached hydrogens (tertiary/aromatic N) is 2. The lowest BCUT2D eigenvalue weighted by atomic mass is 10.3. The van der Waals surface area contributed by atoms with E-state index in [0.29, 0.717) is 24.7 Å². The predicted octanol–water partition coefficient (Wildman–Crippen LogP) is 1.96. The Bertz CT molecular complexity index is 429. The first kappa shape index (κ1) is 15.2. The van der Waals surface area contributed by atoms with E-state index in [4.69, 9.17) is 4.52 Å². The Morgan fingerprint density at radius 1 is 1.42 bits per heavy atom. The number of nitrogens with one attached hydrogen (secondary N) is 1. The molecular weight excluding hydrogens is 246 g/mol. The smallest absolute Gasteiger partial charge is 0.227 e. The van der Waals surface area contributed by atoms with E-state index < -0.39 is 0 Å². The van der Waals surface area contributed by atoms with Gasteiger partial charge in [-0.1, -0.05) is 18.5 Å². The van der Waals surface area contributed by atoms with Crippen LogP contribution in [0.1, 0.15) is 38.9 Å². The molecule has 0 aliphatic rings. The number of anilines is 1. The quantitative estimate of drug-likeness (QED) is 0.819. The highest BCUT2D eigenvalue weighted by Crippen LogP contribution is 2.07. The lowest BCUT2D eigenvalue weighted by molar-refractivity contribution is -0.129. The second-order valence-corrected chi connectivity index (χ2v) is 4.48. The van der Waals surface area contributed by atoms with Crippen molar-refractivity contribution in [2.45, 2.75) is 40.0 Å². The van der Waals surface area contributed by atoms with Gasteiger partial charge < -0.3 is 14.7 Å². The minimum atomic E-state index is -0.170. The number of carbonyl (C=O) groups excluding carboxylic acids is 2. The third-order valence-electron chi connectivity index (χ3n) is 2.73. The summed E-state index contributed by atoms with van der Waals surface area (Å²) in [4.78, 5) is 24.8. The molecule has 0 unspecified atom stereocenters. The van der Waals surface area contributed by atoms with E-state index in [1.54, 1.807) is 17.9 Å². The summed E-state index contributed by atoms with van der Waals surface area (Å²) < 4.78 is 4.85. The summed E-state index contributed by atoms with van der Waals surface area (Å²) in [6.07, 6.45) is 2.23. The summed E-state index contributed by atoms with van der Waals surface area (Å²) in [7, 11) is 0. The van der Waals surface area contributed by atoms with Crippen molar-refractivity contribution in [1.82, 2.24) is 10.1 Å². The highest BCUT2D eigenvalue weighted by molar-refractivity contribution is 5.90. The third-order valence-corrected chi connectivity index (χ3v) is 2.73. The van der Waals surface area contributed by atoms with Crippen LogP contribution in [0.3, 0.4) is 0 Å². The molecule has 6 nitrogen and oxygen atoms in total. The van der Waals surface area contributed by atoms with Crippen LogP contribution in [0.2, 0.25) is 0 Å². The van der Waals surface area contributed by atoms with Gasteiger partial charge in [0, 0.05) is 32.5 Å². The Labute approximate surface area is 113 Å². The number of aryl methyl sites for hydroxylation is 1. The standard InChI is InChI=1S/C13H21N3O3/c1-4-5-7-16(11(3)17)8-6-13(18)14-12-9-10(2)19-15-12/h9H,4-8H2,1-3H3,(H,14,15,18). The van der Waals surface area contributed by atoms with Crippen molar-refractivity contribution in [3.63, 3.8) is 0 Å². The summed E-state index contributed by atoms with van der Waals surface area (Å²) in [5.74, 6) is 0.878. The van der Waals surface area contributed by atoms with Crippen molar-refractivity contribution in [3.8, 4) is 0 Å². The number of aromatic nitrogens is 1. The van der Waals surface area contributed by atoms with Crippen LogP contribution in [0.25, 0.3) is 0 Å². The minimum Gasteiger partial charge on any atom is -0.360 e. The molecule has 0 spiro atoms. The summed E-state index contributed by atoms with van der Waals surface area (Å²) in [5.41, 5.74) is 0. The van der Waals surface area contributed by atoms with Gasteiger partial charge in [0.05, 0.1) is 0 Å². The monoisotopic (exact) mass is 267 g/mol. The van der Waals surface area contributed by atoms with Gasteiger partial charge in [0.1, 0.15) is 5.76 Å². The van der Waals surface area contributed by atoms with Crippen molar-refractivity contribution < 1.29 is 14.1 Å². The second-order valence-electron chi connectivity index (χ2n) is 4.48. The van der Waals surface area contributed by atoms with E-state index in [2.05, 4.69) is 17.4 Å². The molecule has 1 aromatic heterocycles. The first-order valence-electron chi connectivity index (χ1n) is 6.51. The Morgan fingerprint density at radius 2 is 2.16 bits per heavy atom. The maximum Gasteiger partial charge on any atom is 0.227 e. The first-order valence-corrected chi connectivity index (χ1v) is 6.51. The van der Waals surface area contributed by atoms with Crippen molar-refractivity contribution in [2.75, 3.05) is 18.4 Å². The topological polar surface area (TPSA) is 75.4 Å². The third kappa shape index (κ3) is 5.54. The molecule has 0 fully saturated rings. The summed E-state index contributed by atoms with van der Waals surface area (Å²) in [5, 5.41) is 6.31. The molecule has 6 heteroatoms. The maximum atomic E-state index is 11.7. The Kier molecular flexibility index (Phi) is 6.05. The normalized spacial score (nSPS) is 10.3. The van der Waals surface area contributed by atoms with Crippen LogP contribution in [0.15, 0.2) is 10.6 Å². The van der Waals surface area contributed by atoms with E-state index in [1.807, 2.05) is 0 Å². The Balaban J connectivity index is 2.36. The van der Waals surface area contributed by atoms with Gasteiger partial charge >= 0.3 is 0 Å². The zero-order valence-electron chi connectivity index (χ0n) is 11.7. The van der Waals surface area contributed by atoms with Crippen LogP contribution >= 0.6 is 0 Å². The molecule has 106 valence electrons. The van der Waals surface area contributed by atoms with E-state index in [-0.39, 0.29) is 18.2 Å². The molecule has 0 aromatic carbocycles. The van der Waals surface area contributed by atoms with Crippen LogP contribution < -0.4 is 5.32 Å². The molecular formula is C13H21N3O3. The van der Waals surface area contributed by atoms with Crippen LogP contribution in [-0.2, 0) is 9.59 Å². The van der Waals surface area contributed by atoms with E-state index in [0.717, 1.165) is 12.8 Å². The SMILES string of the molecule is CCCCN(CCC(=O)Nc1cc(C)on1)C(C)=O. The van der Waals surface area contributed by atoms with Gasteiger partial charge in [0.15, 0.2) is 5.82 Å². The minimum absolute atomic E-state index is 0.00136. The van der Waals surface area contributed by atoms with Crippen LogP contribution in [-0.4, -0.2) is 35.0 Å².